The molecular formula is C15H23N3O3SSi. The van der Waals surface area contributed by atoms with Crippen LogP contribution in [0.25, 0.3) is 5.69 Å². The van der Waals surface area contributed by atoms with Gasteiger partial charge in [0.05, 0.1) is 23.9 Å². The Morgan fingerprint density at radius 1 is 1.17 bits per heavy atom. The van der Waals surface area contributed by atoms with E-state index in [4.69, 9.17) is 4.18 Å². The molecule has 0 radical (unpaired) electrons. The van der Waals surface area contributed by atoms with Crippen molar-refractivity contribution in [2.45, 2.75) is 32.5 Å². The Balaban J connectivity index is 1.95. The van der Waals surface area contributed by atoms with Gasteiger partial charge in [-0.2, -0.15) is 8.42 Å². The third kappa shape index (κ3) is 5.56. The van der Waals surface area contributed by atoms with Crippen LogP contribution in [0.1, 0.15) is 12.0 Å². The van der Waals surface area contributed by atoms with Crippen molar-refractivity contribution < 1.29 is 12.6 Å². The summed E-state index contributed by atoms with van der Waals surface area (Å²) in [6.07, 6.45) is 4.50. The summed E-state index contributed by atoms with van der Waals surface area (Å²) in [6.45, 7) is 6.93. The van der Waals surface area contributed by atoms with Gasteiger partial charge in [-0.25, -0.2) is 4.68 Å². The van der Waals surface area contributed by atoms with E-state index in [-0.39, 0.29) is 6.61 Å². The molecule has 0 bridgehead atoms. The van der Waals surface area contributed by atoms with Gasteiger partial charge in [-0.3, -0.25) is 4.18 Å². The van der Waals surface area contributed by atoms with Crippen LogP contribution in [0.15, 0.2) is 30.5 Å². The van der Waals surface area contributed by atoms with Crippen molar-refractivity contribution in [1.82, 2.24) is 15.0 Å². The maximum atomic E-state index is 10.9. The van der Waals surface area contributed by atoms with Crippen molar-refractivity contribution in [2.24, 2.45) is 0 Å². The van der Waals surface area contributed by atoms with E-state index in [0.717, 1.165) is 29.2 Å². The first-order valence-corrected chi connectivity index (χ1v) is 12.8. The summed E-state index contributed by atoms with van der Waals surface area (Å²) in [5.41, 5.74) is 2.11. The molecule has 0 atom stereocenters. The van der Waals surface area contributed by atoms with Gasteiger partial charge in [-0.05, 0) is 30.5 Å². The average molecular weight is 354 g/mol. The lowest BCUT2D eigenvalue weighted by molar-refractivity contribution is 0.316. The second kappa shape index (κ2) is 6.94. The first-order valence-electron chi connectivity index (χ1n) is 7.52. The lowest BCUT2D eigenvalue weighted by atomic mass is 10.1. The minimum absolute atomic E-state index is 0.212. The van der Waals surface area contributed by atoms with Gasteiger partial charge in [0.2, 0.25) is 0 Å². The van der Waals surface area contributed by atoms with Crippen LogP contribution >= 0.6 is 0 Å². The van der Waals surface area contributed by atoms with Gasteiger partial charge in [-0.15, -0.1) is 5.10 Å². The van der Waals surface area contributed by atoms with Gasteiger partial charge in [-0.1, -0.05) is 37.0 Å². The standard InChI is InChI=1S/C15H23N3O3SSi/c1-22(19,20)21-11-5-6-13-7-9-14(10-8-13)18-12-15(16-17-18)23(2,3)4/h7-10,12H,5-6,11H2,1-4H3. The topological polar surface area (TPSA) is 74.1 Å². The van der Waals surface area contributed by atoms with Crippen LogP contribution in [0.3, 0.4) is 0 Å². The number of hydrogen-bond donors (Lipinski definition) is 0. The van der Waals surface area contributed by atoms with Gasteiger partial charge in [0.25, 0.3) is 10.1 Å². The van der Waals surface area contributed by atoms with Crippen molar-refractivity contribution >= 4 is 23.5 Å². The highest BCUT2D eigenvalue weighted by Gasteiger charge is 2.20. The van der Waals surface area contributed by atoms with Gasteiger partial charge in [0.15, 0.2) is 0 Å². The fraction of sp³-hybridized carbons (Fsp3) is 0.467. The molecule has 0 aliphatic carbocycles. The summed E-state index contributed by atoms with van der Waals surface area (Å²) < 4.78 is 28.3. The molecule has 1 aromatic carbocycles. The summed E-state index contributed by atoms with van der Waals surface area (Å²) in [7, 11) is -4.80. The molecule has 0 amide bonds. The smallest absolute Gasteiger partial charge is 0.264 e. The Kier molecular flexibility index (Phi) is 5.38. The predicted octanol–water partition coefficient (Wildman–Crippen LogP) is 1.72. The molecule has 6 nitrogen and oxygen atoms in total. The van der Waals surface area contributed by atoms with E-state index in [1.54, 1.807) is 4.68 Å². The highest BCUT2D eigenvalue weighted by molar-refractivity contribution is 7.85. The maximum Gasteiger partial charge on any atom is 0.264 e. The fourth-order valence-electron chi connectivity index (χ4n) is 2.04. The van der Waals surface area contributed by atoms with Crippen molar-refractivity contribution in [3.8, 4) is 5.69 Å². The summed E-state index contributed by atoms with van der Waals surface area (Å²) in [5, 5.41) is 9.55. The third-order valence-electron chi connectivity index (χ3n) is 3.37. The van der Waals surface area contributed by atoms with E-state index in [1.807, 2.05) is 30.5 Å². The lowest BCUT2D eigenvalue weighted by Gasteiger charge is -2.09. The Labute approximate surface area is 138 Å². The molecule has 2 aromatic rings. The van der Waals surface area contributed by atoms with Crippen molar-refractivity contribution in [1.29, 1.82) is 0 Å². The van der Waals surface area contributed by atoms with E-state index in [2.05, 4.69) is 30.0 Å². The van der Waals surface area contributed by atoms with E-state index in [0.29, 0.717) is 6.42 Å². The van der Waals surface area contributed by atoms with Crippen molar-refractivity contribution in [2.75, 3.05) is 12.9 Å². The van der Waals surface area contributed by atoms with Crippen LogP contribution < -0.4 is 5.32 Å². The zero-order valence-electron chi connectivity index (χ0n) is 14.0. The number of aromatic nitrogens is 3. The van der Waals surface area contributed by atoms with Crippen LogP contribution in [-0.4, -0.2) is 44.3 Å². The molecular weight excluding hydrogens is 330 g/mol. The van der Waals surface area contributed by atoms with Gasteiger partial charge < -0.3 is 0 Å². The number of nitrogens with zero attached hydrogens (tertiary/aromatic N) is 3. The molecule has 0 spiro atoms. The van der Waals surface area contributed by atoms with Crippen molar-refractivity contribution in [3.63, 3.8) is 0 Å². The Hall–Kier alpha value is -1.51. The molecule has 0 unspecified atom stereocenters. The first-order chi connectivity index (χ1) is 10.6. The van der Waals surface area contributed by atoms with Crippen LogP contribution in [0.4, 0.5) is 0 Å². The third-order valence-corrected chi connectivity index (χ3v) is 5.73. The largest absolute Gasteiger partial charge is 0.270 e. The molecule has 0 fully saturated rings. The molecule has 0 N–H and O–H groups in total. The Bertz CT molecular complexity index is 749. The summed E-state index contributed by atoms with van der Waals surface area (Å²) >= 11 is 0. The van der Waals surface area contributed by atoms with Gasteiger partial charge in [0, 0.05) is 6.20 Å². The number of rotatable bonds is 7. The summed E-state index contributed by atoms with van der Waals surface area (Å²) in [4.78, 5) is 0. The average Bonchev–Trinajstić information content (AvgIpc) is 2.93. The summed E-state index contributed by atoms with van der Waals surface area (Å²) in [5.74, 6) is 0. The number of benzene rings is 1. The second-order valence-corrected chi connectivity index (χ2v) is 13.3. The molecule has 8 heteroatoms. The highest BCUT2D eigenvalue weighted by atomic mass is 32.2. The first kappa shape index (κ1) is 17.8. The second-order valence-electron chi connectivity index (χ2n) is 6.59. The molecule has 23 heavy (non-hydrogen) atoms. The van der Waals surface area contributed by atoms with Gasteiger partial charge >= 0.3 is 0 Å². The monoisotopic (exact) mass is 353 g/mol. The van der Waals surface area contributed by atoms with Crippen LogP contribution in [0.5, 0.6) is 0 Å². The fourth-order valence-corrected chi connectivity index (χ4v) is 3.31. The molecule has 0 aliphatic heterocycles. The van der Waals surface area contributed by atoms with E-state index < -0.39 is 18.2 Å². The van der Waals surface area contributed by atoms with Crippen LogP contribution in [0, 0.1) is 0 Å². The minimum Gasteiger partial charge on any atom is -0.270 e. The molecule has 0 saturated carbocycles. The Morgan fingerprint density at radius 2 is 1.83 bits per heavy atom. The van der Waals surface area contributed by atoms with Crippen LogP contribution in [-0.2, 0) is 20.7 Å². The zero-order chi connectivity index (χ0) is 17.1. The molecule has 0 saturated heterocycles. The SMILES string of the molecule is C[Si](C)(C)c1cn(-c2ccc(CCCOS(C)(=O)=O)cc2)nn1. The molecule has 1 heterocycles. The molecule has 0 aliphatic rings. The molecule has 126 valence electrons. The maximum absolute atomic E-state index is 10.9. The normalized spacial score (nSPS) is 12.5. The van der Waals surface area contributed by atoms with E-state index in [9.17, 15) is 8.42 Å². The van der Waals surface area contributed by atoms with E-state index >= 15 is 0 Å². The molecule has 2 rings (SSSR count). The van der Waals surface area contributed by atoms with E-state index in [1.165, 1.54) is 0 Å². The highest BCUT2D eigenvalue weighted by Crippen LogP contribution is 2.11. The quantitative estimate of drug-likeness (QED) is 0.430. The van der Waals surface area contributed by atoms with Crippen LogP contribution in [0.2, 0.25) is 19.6 Å². The van der Waals surface area contributed by atoms with Gasteiger partial charge in [0.1, 0.15) is 8.07 Å². The summed E-state index contributed by atoms with van der Waals surface area (Å²) in [6, 6.07) is 8.03. The number of aryl methyl sites for hydroxylation is 1. The lowest BCUT2D eigenvalue weighted by Crippen LogP contribution is -2.38. The Morgan fingerprint density at radius 3 is 2.35 bits per heavy atom. The molecule has 1 aromatic heterocycles. The zero-order valence-corrected chi connectivity index (χ0v) is 15.8. The number of hydrogen-bond acceptors (Lipinski definition) is 5. The predicted molar refractivity (Wildman–Crippen MR) is 93.5 cm³/mol. The van der Waals surface area contributed by atoms with Crippen molar-refractivity contribution in [3.05, 3.63) is 36.0 Å². The minimum atomic E-state index is -3.35.